The molecule has 132 valence electrons. The molecular weight excluding hydrogens is 323 g/mol. The third-order valence-corrected chi connectivity index (χ3v) is 4.20. The van der Waals surface area contributed by atoms with Crippen molar-refractivity contribution in [1.29, 1.82) is 0 Å². The number of ether oxygens (including phenoxy) is 2. The molecule has 1 aliphatic rings. The highest BCUT2D eigenvalue weighted by Gasteiger charge is 2.15. The first-order chi connectivity index (χ1) is 12.2. The van der Waals surface area contributed by atoms with Gasteiger partial charge in [-0.2, -0.15) is 0 Å². The molecule has 0 aliphatic carbocycles. The van der Waals surface area contributed by atoms with Gasteiger partial charge in [-0.3, -0.25) is 4.79 Å². The summed E-state index contributed by atoms with van der Waals surface area (Å²) >= 11 is 0. The molecule has 0 saturated carbocycles. The van der Waals surface area contributed by atoms with Crippen LogP contribution in [-0.2, 0) is 11.3 Å². The largest absolute Gasteiger partial charge is 0.477 e. The number of hydrogen-bond donors (Lipinski definition) is 1. The molecule has 1 aliphatic heterocycles. The van der Waals surface area contributed by atoms with E-state index in [1.54, 1.807) is 30.3 Å². The molecule has 0 spiro atoms. The summed E-state index contributed by atoms with van der Waals surface area (Å²) in [5.41, 5.74) is 0.884. The van der Waals surface area contributed by atoms with Gasteiger partial charge < -0.3 is 14.8 Å². The first-order valence-corrected chi connectivity index (χ1v) is 8.40. The van der Waals surface area contributed by atoms with Gasteiger partial charge in [0.05, 0.1) is 6.61 Å². The maximum Gasteiger partial charge on any atom is 0.251 e. The molecule has 1 N–H and O–H groups in total. The van der Waals surface area contributed by atoms with Crippen LogP contribution in [0.25, 0.3) is 0 Å². The number of benzene rings is 1. The van der Waals surface area contributed by atoms with Gasteiger partial charge in [-0.15, -0.1) is 0 Å². The van der Waals surface area contributed by atoms with Crippen molar-refractivity contribution in [1.82, 2.24) is 10.3 Å². The zero-order valence-electron chi connectivity index (χ0n) is 13.9. The molecule has 2 heterocycles. The molecule has 0 radical (unpaired) electrons. The summed E-state index contributed by atoms with van der Waals surface area (Å²) in [4.78, 5) is 16.4. The number of amides is 1. The molecule has 0 unspecified atom stereocenters. The number of halogens is 1. The summed E-state index contributed by atoms with van der Waals surface area (Å²) in [6.45, 7) is 2.22. The summed E-state index contributed by atoms with van der Waals surface area (Å²) in [5.74, 6) is 0.249. The Morgan fingerprint density at radius 3 is 2.88 bits per heavy atom. The summed E-state index contributed by atoms with van der Waals surface area (Å²) in [5, 5.41) is 2.71. The number of aromatic nitrogens is 1. The zero-order valence-corrected chi connectivity index (χ0v) is 13.9. The van der Waals surface area contributed by atoms with Crippen LogP contribution >= 0.6 is 0 Å². The summed E-state index contributed by atoms with van der Waals surface area (Å²) in [7, 11) is 0. The Labute approximate surface area is 146 Å². The van der Waals surface area contributed by atoms with E-state index in [4.69, 9.17) is 9.47 Å². The van der Waals surface area contributed by atoms with Gasteiger partial charge in [0.1, 0.15) is 5.82 Å². The Morgan fingerprint density at radius 2 is 2.08 bits per heavy atom. The maximum absolute atomic E-state index is 13.6. The fourth-order valence-corrected chi connectivity index (χ4v) is 2.67. The lowest BCUT2D eigenvalue weighted by molar-refractivity contribution is 0.0490. The van der Waals surface area contributed by atoms with Crippen LogP contribution < -0.4 is 10.1 Å². The lowest BCUT2D eigenvalue weighted by Crippen LogP contribution is -2.24. The number of rotatable bonds is 6. The van der Waals surface area contributed by atoms with E-state index in [2.05, 4.69) is 10.3 Å². The van der Waals surface area contributed by atoms with Crippen molar-refractivity contribution in [2.24, 2.45) is 5.92 Å². The molecule has 3 rings (SSSR count). The standard InChI is InChI=1S/C19H21FN2O3/c20-17-4-2-1-3-16(17)12-22-19(23)15-5-8-21-18(11-15)25-13-14-6-9-24-10-7-14/h1-5,8,11,14H,6-7,9-10,12-13H2,(H,22,23). The molecule has 1 aromatic heterocycles. The Balaban J connectivity index is 1.54. The Morgan fingerprint density at radius 1 is 1.28 bits per heavy atom. The van der Waals surface area contributed by atoms with Gasteiger partial charge in [0.15, 0.2) is 0 Å². The van der Waals surface area contributed by atoms with E-state index in [1.807, 2.05) is 0 Å². The van der Waals surface area contributed by atoms with Crippen molar-refractivity contribution in [3.63, 3.8) is 0 Å². The van der Waals surface area contributed by atoms with Gasteiger partial charge in [-0.05, 0) is 30.9 Å². The Bertz CT molecular complexity index is 717. The van der Waals surface area contributed by atoms with Gasteiger partial charge >= 0.3 is 0 Å². The average molecular weight is 344 g/mol. The number of nitrogens with zero attached hydrogens (tertiary/aromatic N) is 1. The molecule has 1 saturated heterocycles. The number of hydrogen-bond acceptors (Lipinski definition) is 4. The third kappa shape index (κ3) is 5.00. The maximum atomic E-state index is 13.6. The second kappa shape index (κ2) is 8.58. The Kier molecular flexibility index (Phi) is 5.95. The number of nitrogens with one attached hydrogen (secondary N) is 1. The minimum absolute atomic E-state index is 0.131. The predicted octanol–water partition coefficient (Wildman–Crippen LogP) is 2.96. The Hall–Kier alpha value is -2.47. The third-order valence-electron chi connectivity index (χ3n) is 4.20. The van der Waals surface area contributed by atoms with Crippen LogP contribution in [0.5, 0.6) is 5.88 Å². The van der Waals surface area contributed by atoms with Crippen LogP contribution in [0.1, 0.15) is 28.8 Å². The van der Waals surface area contributed by atoms with Crippen molar-refractivity contribution in [3.05, 3.63) is 59.5 Å². The second-order valence-electron chi connectivity index (χ2n) is 6.02. The molecule has 0 atom stereocenters. The van der Waals surface area contributed by atoms with E-state index in [0.717, 1.165) is 26.1 Å². The van der Waals surface area contributed by atoms with Crippen molar-refractivity contribution < 1.29 is 18.7 Å². The lowest BCUT2D eigenvalue weighted by atomic mass is 10.0. The van der Waals surface area contributed by atoms with Crippen molar-refractivity contribution in [2.45, 2.75) is 19.4 Å². The SMILES string of the molecule is O=C(NCc1ccccc1F)c1ccnc(OCC2CCOCC2)c1. The van der Waals surface area contributed by atoms with Gasteiger partial charge in [0, 0.05) is 43.1 Å². The van der Waals surface area contributed by atoms with Gasteiger partial charge in [0.25, 0.3) is 5.91 Å². The summed E-state index contributed by atoms with van der Waals surface area (Å²) < 4.78 is 24.6. The van der Waals surface area contributed by atoms with E-state index in [1.165, 1.54) is 12.3 Å². The number of pyridine rings is 1. The highest BCUT2D eigenvalue weighted by molar-refractivity contribution is 5.94. The zero-order chi connectivity index (χ0) is 17.5. The number of carbonyl (C=O) groups excluding carboxylic acids is 1. The topological polar surface area (TPSA) is 60.5 Å². The highest BCUT2D eigenvalue weighted by atomic mass is 19.1. The van der Waals surface area contributed by atoms with Crippen molar-refractivity contribution >= 4 is 5.91 Å². The van der Waals surface area contributed by atoms with Crippen LogP contribution in [0.15, 0.2) is 42.6 Å². The molecule has 6 heteroatoms. The molecule has 1 amide bonds. The molecular formula is C19H21FN2O3. The van der Waals surface area contributed by atoms with Crippen LogP contribution in [0, 0.1) is 11.7 Å². The van der Waals surface area contributed by atoms with Gasteiger partial charge in [0.2, 0.25) is 5.88 Å². The van der Waals surface area contributed by atoms with Gasteiger partial charge in [-0.1, -0.05) is 18.2 Å². The fraction of sp³-hybridized carbons (Fsp3) is 0.368. The number of carbonyl (C=O) groups is 1. The van der Waals surface area contributed by atoms with Gasteiger partial charge in [-0.25, -0.2) is 9.37 Å². The first kappa shape index (κ1) is 17.4. The molecule has 5 nitrogen and oxygen atoms in total. The molecule has 2 aromatic rings. The van der Waals surface area contributed by atoms with Crippen LogP contribution in [0.2, 0.25) is 0 Å². The van der Waals surface area contributed by atoms with E-state index in [9.17, 15) is 9.18 Å². The molecule has 25 heavy (non-hydrogen) atoms. The average Bonchev–Trinajstić information content (AvgIpc) is 2.66. The van der Waals surface area contributed by atoms with Crippen molar-refractivity contribution in [2.75, 3.05) is 19.8 Å². The predicted molar refractivity (Wildman–Crippen MR) is 90.8 cm³/mol. The fourth-order valence-electron chi connectivity index (χ4n) is 2.67. The molecule has 1 aromatic carbocycles. The van der Waals surface area contributed by atoms with E-state index in [0.29, 0.717) is 29.5 Å². The monoisotopic (exact) mass is 344 g/mol. The van der Waals surface area contributed by atoms with E-state index >= 15 is 0 Å². The van der Waals surface area contributed by atoms with Crippen LogP contribution in [0.3, 0.4) is 0 Å². The lowest BCUT2D eigenvalue weighted by Gasteiger charge is -2.21. The molecule has 1 fully saturated rings. The van der Waals surface area contributed by atoms with Crippen LogP contribution in [0.4, 0.5) is 4.39 Å². The molecule has 0 bridgehead atoms. The normalized spacial score (nSPS) is 14.9. The summed E-state index contributed by atoms with van der Waals surface area (Å²) in [6.07, 6.45) is 3.49. The summed E-state index contributed by atoms with van der Waals surface area (Å²) in [6, 6.07) is 9.58. The van der Waals surface area contributed by atoms with Crippen LogP contribution in [-0.4, -0.2) is 30.7 Å². The van der Waals surface area contributed by atoms with E-state index < -0.39 is 0 Å². The second-order valence-corrected chi connectivity index (χ2v) is 6.02. The highest BCUT2D eigenvalue weighted by Crippen LogP contribution is 2.17. The minimum atomic E-state index is -0.335. The quantitative estimate of drug-likeness (QED) is 0.875. The smallest absolute Gasteiger partial charge is 0.251 e. The first-order valence-electron chi connectivity index (χ1n) is 8.40. The van der Waals surface area contributed by atoms with Crippen molar-refractivity contribution in [3.8, 4) is 5.88 Å². The van der Waals surface area contributed by atoms with E-state index in [-0.39, 0.29) is 18.3 Å². The minimum Gasteiger partial charge on any atom is -0.477 e.